The van der Waals surface area contributed by atoms with Crippen LogP contribution in [-0.4, -0.2) is 60.1 Å². The zero-order valence-corrected chi connectivity index (χ0v) is 17.3. The lowest BCUT2D eigenvalue weighted by molar-refractivity contribution is 0.00782. The zero-order valence-electron chi connectivity index (χ0n) is 16.5. The summed E-state index contributed by atoms with van der Waals surface area (Å²) < 4.78 is 0. The topological polar surface area (TPSA) is 31.4 Å². The molecule has 0 radical (unpaired) electrons. The van der Waals surface area contributed by atoms with Crippen molar-refractivity contribution in [3.05, 3.63) is 35.5 Å². The molecular formula is C22H31ClN4. The molecule has 0 saturated carbocycles. The van der Waals surface area contributed by atoms with Crippen molar-refractivity contribution in [3.63, 3.8) is 0 Å². The quantitative estimate of drug-likeness (QED) is 0.759. The number of nitrogens with one attached hydrogen (secondary N) is 1. The molecule has 0 bridgehead atoms. The Kier molecular flexibility index (Phi) is 5.58. The number of likely N-dealkylation sites (tertiary alicyclic amines) is 2. The van der Waals surface area contributed by atoms with Gasteiger partial charge in [0.2, 0.25) is 0 Å². The van der Waals surface area contributed by atoms with Crippen LogP contribution >= 0.6 is 11.6 Å². The highest BCUT2D eigenvalue weighted by Gasteiger charge is 2.46. The molecule has 2 aromatic rings. The number of halogens is 1. The van der Waals surface area contributed by atoms with E-state index in [2.05, 4.69) is 46.1 Å². The summed E-state index contributed by atoms with van der Waals surface area (Å²) >= 11 is 6.09. The minimum Gasteiger partial charge on any atom is -0.382 e. The standard InChI is InChI=1S/C22H31ClN4/c1-3-26-12-9-22(14-26)15-27(16-22)11-4-5-17(2)25-20-8-10-24-21-13-18(23)6-7-19(20)21/h6-8,10,13,17H,3-5,9,11-12,14-16H2,1-2H3,(H,24,25). The number of nitrogens with zero attached hydrogens (tertiary/aromatic N) is 3. The average Bonchev–Trinajstić information content (AvgIpc) is 3.06. The highest BCUT2D eigenvalue weighted by atomic mass is 35.5. The summed E-state index contributed by atoms with van der Waals surface area (Å²) in [5.74, 6) is 0. The normalized spacial score (nSPS) is 20.9. The van der Waals surface area contributed by atoms with Crippen molar-refractivity contribution >= 4 is 28.2 Å². The number of benzene rings is 1. The van der Waals surface area contributed by atoms with Crippen molar-refractivity contribution in [2.45, 2.75) is 39.2 Å². The van der Waals surface area contributed by atoms with Gasteiger partial charge in [0.15, 0.2) is 0 Å². The molecule has 1 unspecified atom stereocenters. The molecule has 2 fully saturated rings. The Hall–Kier alpha value is -1.36. The first-order valence-electron chi connectivity index (χ1n) is 10.3. The Balaban J connectivity index is 1.23. The highest BCUT2D eigenvalue weighted by Crippen LogP contribution is 2.39. The molecule has 4 nitrogen and oxygen atoms in total. The average molecular weight is 387 g/mol. The molecule has 1 atom stereocenters. The van der Waals surface area contributed by atoms with E-state index in [9.17, 15) is 0 Å². The second kappa shape index (κ2) is 7.94. The van der Waals surface area contributed by atoms with Gasteiger partial charge in [0.05, 0.1) is 5.52 Å². The van der Waals surface area contributed by atoms with Gasteiger partial charge in [-0.1, -0.05) is 18.5 Å². The zero-order chi connectivity index (χ0) is 18.9. The maximum absolute atomic E-state index is 6.09. The smallest absolute Gasteiger partial charge is 0.0737 e. The number of hydrogen-bond donors (Lipinski definition) is 1. The molecule has 4 rings (SSSR count). The lowest BCUT2D eigenvalue weighted by Gasteiger charge is -2.48. The fourth-order valence-corrected chi connectivity index (χ4v) is 4.99. The number of hydrogen-bond acceptors (Lipinski definition) is 4. The molecule has 2 saturated heterocycles. The van der Waals surface area contributed by atoms with Gasteiger partial charge in [-0.05, 0) is 70.1 Å². The van der Waals surface area contributed by atoms with E-state index in [0.29, 0.717) is 11.5 Å². The van der Waals surface area contributed by atoms with E-state index < -0.39 is 0 Å². The Morgan fingerprint density at radius 1 is 1.22 bits per heavy atom. The van der Waals surface area contributed by atoms with Crippen LogP contribution < -0.4 is 5.32 Å². The van der Waals surface area contributed by atoms with Gasteiger partial charge in [-0.2, -0.15) is 0 Å². The number of rotatable bonds is 7. The maximum Gasteiger partial charge on any atom is 0.0737 e. The van der Waals surface area contributed by atoms with Crippen LogP contribution in [0.1, 0.15) is 33.1 Å². The third-order valence-electron chi connectivity index (χ3n) is 6.30. The van der Waals surface area contributed by atoms with E-state index in [-0.39, 0.29) is 0 Å². The molecule has 1 N–H and O–H groups in total. The van der Waals surface area contributed by atoms with Crippen LogP contribution in [0.4, 0.5) is 5.69 Å². The molecule has 0 aliphatic carbocycles. The summed E-state index contributed by atoms with van der Waals surface area (Å²) in [4.78, 5) is 9.68. The van der Waals surface area contributed by atoms with E-state index in [1.54, 1.807) is 0 Å². The molecule has 2 aliphatic heterocycles. The van der Waals surface area contributed by atoms with Crippen LogP contribution in [0.2, 0.25) is 5.02 Å². The van der Waals surface area contributed by atoms with Gasteiger partial charge in [-0.3, -0.25) is 4.98 Å². The minimum absolute atomic E-state index is 0.448. The fraction of sp³-hybridized carbons (Fsp3) is 0.591. The third-order valence-corrected chi connectivity index (χ3v) is 6.54. The first kappa shape index (κ1) is 19.0. The van der Waals surface area contributed by atoms with Crippen molar-refractivity contribution < 1.29 is 0 Å². The van der Waals surface area contributed by atoms with E-state index in [0.717, 1.165) is 21.6 Å². The second-order valence-corrected chi connectivity index (χ2v) is 8.97. The van der Waals surface area contributed by atoms with E-state index in [1.807, 2.05) is 18.3 Å². The van der Waals surface area contributed by atoms with Gasteiger partial charge in [-0.25, -0.2) is 0 Å². The second-order valence-electron chi connectivity index (χ2n) is 8.54. The molecule has 1 spiro atoms. The van der Waals surface area contributed by atoms with Crippen LogP contribution in [0.5, 0.6) is 0 Å². The van der Waals surface area contributed by atoms with Gasteiger partial charge < -0.3 is 15.1 Å². The molecular weight excluding hydrogens is 356 g/mol. The first-order chi connectivity index (χ1) is 13.1. The summed E-state index contributed by atoms with van der Waals surface area (Å²) in [5, 5.41) is 5.54. The molecule has 146 valence electrons. The van der Waals surface area contributed by atoms with Gasteiger partial charge in [0, 0.05) is 53.4 Å². The number of anilines is 1. The number of pyridine rings is 1. The lowest BCUT2D eigenvalue weighted by atomic mass is 9.79. The monoisotopic (exact) mass is 386 g/mol. The molecule has 3 heterocycles. The summed E-state index contributed by atoms with van der Waals surface area (Å²) in [5.41, 5.74) is 2.72. The van der Waals surface area contributed by atoms with E-state index >= 15 is 0 Å². The van der Waals surface area contributed by atoms with Crippen molar-refractivity contribution in [1.82, 2.24) is 14.8 Å². The Labute approximate surface area is 167 Å². The Bertz CT molecular complexity index is 787. The van der Waals surface area contributed by atoms with Crippen molar-refractivity contribution in [2.24, 2.45) is 5.41 Å². The Morgan fingerprint density at radius 3 is 2.81 bits per heavy atom. The summed E-state index contributed by atoms with van der Waals surface area (Å²) in [6.07, 6.45) is 5.68. The molecule has 27 heavy (non-hydrogen) atoms. The number of fused-ring (bicyclic) bond motifs is 1. The molecule has 1 aromatic carbocycles. The van der Waals surface area contributed by atoms with Gasteiger partial charge in [0.25, 0.3) is 0 Å². The summed E-state index contributed by atoms with van der Waals surface area (Å²) in [6.45, 7) is 12.2. The van der Waals surface area contributed by atoms with Crippen molar-refractivity contribution in [2.75, 3.05) is 44.6 Å². The molecule has 5 heteroatoms. The minimum atomic E-state index is 0.448. The van der Waals surface area contributed by atoms with E-state index in [4.69, 9.17) is 11.6 Å². The van der Waals surface area contributed by atoms with Crippen LogP contribution in [0.3, 0.4) is 0 Å². The van der Waals surface area contributed by atoms with Crippen LogP contribution in [0.15, 0.2) is 30.5 Å². The number of aromatic nitrogens is 1. The molecule has 2 aliphatic rings. The van der Waals surface area contributed by atoms with E-state index in [1.165, 1.54) is 58.5 Å². The lowest BCUT2D eigenvalue weighted by Crippen LogP contribution is -2.57. The molecule has 1 aromatic heterocycles. The summed E-state index contributed by atoms with van der Waals surface area (Å²) in [6, 6.07) is 8.42. The van der Waals surface area contributed by atoms with Crippen molar-refractivity contribution in [1.29, 1.82) is 0 Å². The highest BCUT2D eigenvalue weighted by molar-refractivity contribution is 6.31. The van der Waals surface area contributed by atoms with Crippen LogP contribution in [0.25, 0.3) is 10.9 Å². The molecule has 0 amide bonds. The van der Waals surface area contributed by atoms with Gasteiger partial charge in [0.1, 0.15) is 0 Å². The SMILES string of the molecule is CCN1CCC2(C1)CN(CCCC(C)Nc1ccnc3cc(Cl)ccc13)C2. The van der Waals surface area contributed by atoms with Gasteiger partial charge in [-0.15, -0.1) is 0 Å². The summed E-state index contributed by atoms with van der Waals surface area (Å²) in [7, 11) is 0. The largest absolute Gasteiger partial charge is 0.382 e. The predicted octanol–water partition coefficient (Wildman–Crippen LogP) is 4.50. The van der Waals surface area contributed by atoms with Gasteiger partial charge >= 0.3 is 0 Å². The van der Waals surface area contributed by atoms with Crippen LogP contribution in [-0.2, 0) is 0 Å². The maximum atomic E-state index is 6.09. The van der Waals surface area contributed by atoms with Crippen LogP contribution in [0, 0.1) is 5.41 Å². The third kappa shape index (κ3) is 4.23. The fourth-order valence-electron chi connectivity index (χ4n) is 4.82. The Morgan fingerprint density at radius 2 is 2.04 bits per heavy atom. The first-order valence-corrected chi connectivity index (χ1v) is 10.7. The predicted molar refractivity (Wildman–Crippen MR) is 115 cm³/mol. The van der Waals surface area contributed by atoms with Crippen molar-refractivity contribution in [3.8, 4) is 0 Å².